The molecule has 0 aliphatic rings. The quantitative estimate of drug-likeness (QED) is 0.837. The first-order valence-corrected chi connectivity index (χ1v) is 7.12. The fraction of sp³-hybridized carbons (Fsp3) is 0.235. The third-order valence-corrected chi connectivity index (χ3v) is 3.39. The minimum absolute atomic E-state index is 0.0463. The van der Waals surface area contributed by atoms with Crippen molar-refractivity contribution in [3.8, 4) is 5.75 Å². The van der Waals surface area contributed by atoms with E-state index < -0.39 is 11.6 Å². The Bertz CT molecular complexity index is 682. The van der Waals surface area contributed by atoms with Crippen LogP contribution in [0.2, 0.25) is 0 Å². The van der Waals surface area contributed by atoms with Gasteiger partial charge in [0.05, 0.1) is 0 Å². The molecule has 0 saturated heterocycles. The average Bonchev–Trinajstić information content (AvgIpc) is 2.51. The molecule has 116 valence electrons. The van der Waals surface area contributed by atoms with E-state index in [9.17, 15) is 13.9 Å². The Hall–Kier alpha value is -2.43. The molecule has 0 spiro atoms. The smallest absolute Gasteiger partial charge is 0.149 e. The summed E-state index contributed by atoms with van der Waals surface area (Å²) < 4.78 is 26.6. The second kappa shape index (κ2) is 7.02. The average molecular weight is 304 g/mol. The maximum atomic E-state index is 13.5. The van der Waals surface area contributed by atoms with Gasteiger partial charge in [-0.15, -0.1) is 0 Å². The maximum absolute atomic E-state index is 13.5. The minimum atomic E-state index is -0.614. The predicted octanol–water partition coefficient (Wildman–Crippen LogP) is 4.27. The second-order valence-corrected chi connectivity index (χ2v) is 4.77. The maximum Gasteiger partial charge on any atom is 0.149 e. The van der Waals surface area contributed by atoms with Crippen LogP contribution < -0.4 is 4.90 Å². The number of hydrogen-bond donors (Lipinski definition) is 1. The zero-order chi connectivity index (χ0) is 16.1. The number of aromatic hydroxyl groups is 1. The van der Waals surface area contributed by atoms with E-state index in [0.29, 0.717) is 5.56 Å². The fourth-order valence-electron chi connectivity index (χ4n) is 2.15. The zero-order valence-corrected chi connectivity index (χ0v) is 12.6. The molecule has 2 aromatic carbocycles. The molecule has 3 nitrogen and oxygen atoms in total. The number of hydrogen-bond acceptors (Lipinski definition) is 3. The van der Waals surface area contributed by atoms with Crippen LogP contribution in [0.25, 0.3) is 0 Å². The third-order valence-electron chi connectivity index (χ3n) is 3.39. The van der Waals surface area contributed by atoms with Crippen molar-refractivity contribution in [3.63, 3.8) is 0 Å². The molecule has 0 saturated carbocycles. The fourth-order valence-corrected chi connectivity index (χ4v) is 2.15. The highest BCUT2D eigenvalue weighted by atomic mass is 19.1. The first kappa shape index (κ1) is 15.9. The standard InChI is InChI=1S/C17H18F2N2O/c1-3-21(4-2)14-7-5-12(17(22)10-14)11-20-16-9-13(18)6-8-15(16)19/h5-11,22H,3-4H2,1-2H3. The molecule has 0 unspecified atom stereocenters. The second-order valence-electron chi connectivity index (χ2n) is 4.77. The SMILES string of the molecule is CCN(CC)c1ccc(C=Nc2cc(F)ccc2F)c(O)c1. The van der Waals surface area contributed by atoms with Gasteiger partial charge >= 0.3 is 0 Å². The Kier molecular flexibility index (Phi) is 5.09. The first-order chi connectivity index (χ1) is 10.5. The summed E-state index contributed by atoms with van der Waals surface area (Å²) in [6, 6.07) is 8.25. The van der Waals surface area contributed by atoms with E-state index in [-0.39, 0.29) is 11.4 Å². The van der Waals surface area contributed by atoms with Gasteiger partial charge in [-0.25, -0.2) is 8.78 Å². The molecule has 0 aliphatic carbocycles. The van der Waals surface area contributed by atoms with Gasteiger partial charge in [-0.05, 0) is 38.1 Å². The first-order valence-electron chi connectivity index (χ1n) is 7.12. The Labute approximate surface area is 128 Å². The van der Waals surface area contributed by atoms with E-state index >= 15 is 0 Å². The Morgan fingerprint density at radius 1 is 1.09 bits per heavy atom. The van der Waals surface area contributed by atoms with Gasteiger partial charge in [0.15, 0.2) is 0 Å². The number of phenolic OH excluding ortho intramolecular Hbond substituents is 1. The molecule has 1 N–H and O–H groups in total. The van der Waals surface area contributed by atoms with Gasteiger partial charge in [-0.1, -0.05) is 0 Å². The zero-order valence-electron chi connectivity index (χ0n) is 12.6. The van der Waals surface area contributed by atoms with E-state index in [2.05, 4.69) is 9.89 Å². The molecule has 2 aromatic rings. The third kappa shape index (κ3) is 3.61. The number of phenols is 1. The number of halogens is 2. The molecule has 0 atom stereocenters. The van der Waals surface area contributed by atoms with Gasteiger partial charge < -0.3 is 10.0 Å². The van der Waals surface area contributed by atoms with Crippen molar-refractivity contribution in [2.45, 2.75) is 13.8 Å². The Morgan fingerprint density at radius 3 is 2.45 bits per heavy atom. The molecule has 2 rings (SSSR count). The van der Waals surface area contributed by atoms with Crippen LogP contribution in [-0.4, -0.2) is 24.4 Å². The molecule has 0 amide bonds. The van der Waals surface area contributed by atoms with Gasteiger partial charge in [0.2, 0.25) is 0 Å². The highest BCUT2D eigenvalue weighted by Gasteiger charge is 2.06. The summed E-state index contributed by atoms with van der Waals surface area (Å²) in [6.07, 6.45) is 1.32. The van der Waals surface area contributed by atoms with Crippen LogP contribution in [0.15, 0.2) is 41.4 Å². The highest BCUT2D eigenvalue weighted by molar-refractivity contribution is 5.86. The van der Waals surface area contributed by atoms with Crippen molar-refractivity contribution in [1.29, 1.82) is 0 Å². The molecule has 5 heteroatoms. The van der Waals surface area contributed by atoms with E-state index in [1.54, 1.807) is 12.1 Å². The van der Waals surface area contributed by atoms with Crippen LogP contribution in [0.5, 0.6) is 5.75 Å². The Morgan fingerprint density at radius 2 is 1.82 bits per heavy atom. The van der Waals surface area contributed by atoms with Gasteiger partial charge in [-0.2, -0.15) is 0 Å². The van der Waals surface area contributed by atoms with Crippen molar-refractivity contribution in [1.82, 2.24) is 0 Å². The van der Waals surface area contributed by atoms with Gasteiger partial charge in [-0.3, -0.25) is 4.99 Å². The summed E-state index contributed by atoms with van der Waals surface area (Å²) in [5, 5.41) is 10.0. The summed E-state index contributed by atoms with van der Waals surface area (Å²) in [6.45, 7) is 5.72. The lowest BCUT2D eigenvalue weighted by atomic mass is 10.2. The molecule has 22 heavy (non-hydrogen) atoms. The number of aliphatic imine (C=N–C) groups is 1. The summed E-state index contributed by atoms with van der Waals surface area (Å²) >= 11 is 0. The number of anilines is 1. The van der Waals surface area contributed by atoms with Gasteiger partial charge in [0.1, 0.15) is 23.1 Å². The van der Waals surface area contributed by atoms with E-state index in [1.807, 2.05) is 19.9 Å². The van der Waals surface area contributed by atoms with Crippen LogP contribution in [0.1, 0.15) is 19.4 Å². The monoisotopic (exact) mass is 304 g/mol. The summed E-state index contributed by atoms with van der Waals surface area (Å²) in [4.78, 5) is 5.99. The van der Waals surface area contributed by atoms with Gasteiger partial charge in [0, 0.05) is 42.7 Å². The van der Waals surface area contributed by atoms with Crippen LogP contribution in [0, 0.1) is 11.6 Å². The molecule has 0 fully saturated rings. The van der Waals surface area contributed by atoms with E-state index in [1.165, 1.54) is 6.21 Å². The molecule has 0 aromatic heterocycles. The van der Waals surface area contributed by atoms with Crippen molar-refractivity contribution >= 4 is 17.6 Å². The molecular weight excluding hydrogens is 286 g/mol. The topological polar surface area (TPSA) is 35.8 Å². The lowest BCUT2D eigenvalue weighted by Gasteiger charge is -2.21. The number of benzene rings is 2. The largest absolute Gasteiger partial charge is 0.507 e. The lowest BCUT2D eigenvalue weighted by Crippen LogP contribution is -2.21. The lowest BCUT2D eigenvalue weighted by molar-refractivity contribution is 0.474. The predicted molar refractivity (Wildman–Crippen MR) is 85.3 cm³/mol. The van der Waals surface area contributed by atoms with E-state index in [0.717, 1.165) is 37.0 Å². The van der Waals surface area contributed by atoms with Crippen LogP contribution in [0.3, 0.4) is 0 Å². The summed E-state index contributed by atoms with van der Waals surface area (Å²) in [5.41, 5.74) is 1.24. The molecular formula is C17H18F2N2O. The molecule has 0 bridgehead atoms. The van der Waals surface area contributed by atoms with Crippen molar-refractivity contribution < 1.29 is 13.9 Å². The molecule has 0 radical (unpaired) electrons. The molecule has 0 aliphatic heterocycles. The van der Waals surface area contributed by atoms with Crippen LogP contribution >= 0.6 is 0 Å². The summed E-state index contributed by atoms with van der Waals surface area (Å²) in [5.74, 6) is -1.13. The van der Waals surface area contributed by atoms with E-state index in [4.69, 9.17) is 0 Å². The number of nitrogens with zero attached hydrogens (tertiary/aromatic N) is 2. The van der Waals surface area contributed by atoms with Crippen molar-refractivity contribution in [2.75, 3.05) is 18.0 Å². The van der Waals surface area contributed by atoms with Crippen molar-refractivity contribution in [2.24, 2.45) is 4.99 Å². The van der Waals surface area contributed by atoms with Crippen LogP contribution in [0.4, 0.5) is 20.2 Å². The normalized spacial score (nSPS) is 11.1. The van der Waals surface area contributed by atoms with Gasteiger partial charge in [0.25, 0.3) is 0 Å². The molecule has 0 heterocycles. The van der Waals surface area contributed by atoms with Crippen LogP contribution in [-0.2, 0) is 0 Å². The summed E-state index contributed by atoms with van der Waals surface area (Å²) in [7, 11) is 0. The minimum Gasteiger partial charge on any atom is -0.507 e. The number of rotatable bonds is 5. The Balaban J connectivity index is 2.26. The highest BCUT2D eigenvalue weighted by Crippen LogP contribution is 2.25. The van der Waals surface area contributed by atoms with Crippen molar-refractivity contribution in [3.05, 3.63) is 53.6 Å².